The molecule has 1 heterocycles. The van der Waals surface area contributed by atoms with Gasteiger partial charge in [-0.05, 0) is 44.0 Å². The molecular formula is C21H19NO5S. The van der Waals surface area contributed by atoms with E-state index in [4.69, 9.17) is 4.18 Å². The van der Waals surface area contributed by atoms with Crippen molar-refractivity contribution in [2.45, 2.75) is 24.7 Å². The first-order chi connectivity index (χ1) is 13.4. The molecule has 28 heavy (non-hydrogen) atoms. The number of carbonyl (C=O) groups excluding carboxylic acids is 2. The SMILES string of the molecule is Cc1ccc(S(=O)(=O)Oc2ccccc2N2C(=O)[C@H]3CC=CC[C@@H]3C2=O)cc1. The van der Waals surface area contributed by atoms with E-state index in [1.807, 2.05) is 19.1 Å². The van der Waals surface area contributed by atoms with E-state index in [1.54, 1.807) is 24.3 Å². The van der Waals surface area contributed by atoms with Crippen LogP contribution < -0.4 is 9.08 Å². The summed E-state index contributed by atoms with van der Waals surface area (Å²) in [6, 6.07) is 12.5. The molecule has 0 unspecified atom stereocenters. The van der Waals surface area contributed by atoms with E-state index in [0.29, 0.717) is 12.8 Å². The molecule has 2 atom stereocenters. The van der Waals surface area contributed by atoms with E-state index in [9.17, 15) is 18.0 Å². The van der Waals surface area contributed by atoms with Crippen LogP contribution in [0.2, 0.25) is 0 Å². The van der Waals surface area contributed by atoms with Gasteiger partial charge in [-0.2, -0.15) is 8.42 Å². The number of hydrogen-bond donors (Lipinski definition) is 0. The van der Waals surface area contributed by atoms with Gasteiger partial charge >= 0.3 is 10.1 Å². The summed E-state index contributed by atoms with van der Waals surface area (Å²) in [6.45, 7) is 1.85. The van der Waals surface area contributed by atoms with Crippen molar-refractivity contribution in [2.75, 3.05) is 4.90 Å². The number of para-hydroxylation sites is 2. The Bertz CT molecular complexity index is 1050. The first kappa shape index (κ1) is 18.4. The average molecular weight is 397 g/mol. The maximum absolute atomic E-state index is 12.8. The standard InChI is InChI=1S/C21H19NO5S/c1-14-10-12-15(13-11-14)28(25,26)27-19-9-5-4-8-18(19)22-20(23)16-6-2-3-7-17(16)21(22)24/h2-5,8-13,16-17H,6-7H2,1H3/t16-,17-/m0/s1. The molecule has 6 nitrogen and oxygen atoms in total. The highest BCUT2D eigenvalue weighted by Crippen LogP contribution is 2.41. The summed E-state index contributed by atoms with van der Waals surface area (Å²) >= 11 is 0. The lowest BCUT2D eigenvalue weighted by atomic mass is 9.85. The maximum Gasteiger partial charge on any atom is 0.339 e. The number of carbonyl (C=O) groups is 2. The largest absolute Gasteiger partial charge is 0.377 e. The van der Waals surface area contributed by atoms with E-state index >= 15 is 0 Å². The smallest absolute Gasteiger partial charge is 0.339 e. The third-order valence-electron chi connectivity index (χ3n) is 5.12. The number of imide groups is 1. The van der Waals surface area contributed by atoms with Gasteiger partial charge in [0, 0.05) is 0 Å². The molecule has 0 saturated carbocycles. The molecule has 2 aromatic rings. The van der Waals surface area contributed by atoms with Gasteiger partial charge < -0.3 is 4.18 Å². The molecule has 2 aliphatic rings. The summed E-state index contributed by atoms with van der Waals surface area (Å²) in [5, 5.41) is 0. The summed E-state index contributed by atoms with van der Waals surface area (Å²) < 4.78 is 30.7. The highest BCUT2D eigenvalue weighted by molar-refractivity contribution is 7.87. The Balaban J connectivity index is 1.69. The Hall–Kier alpha value is -2.93. The van der Waals surface area contributed by atoms with Crippen LogP contribution in [-0.2, 0) is 19.7 Å². The number of hydrogen-bond acceptors (Lipinski definition) is 5. The fraction of sp³-hybridized carbons (Fsp3) is 0.238. The number of rotatable bonds is 4. The van der Waals surface area contributed by atoms with Gasteiger partial charge in [0.05, 0.1) is 17.5 Å². The summed E-state index contributed by atoms with van der Waals surface area (Å²) in [5.41, 5.74) is 1.08. The molecule has 0 spiro atoms. The molecular weight excluding hydrogens is 378 g/mol. The summed E-state index contributed by atoms with van der Waals surface area (Å²) in [4.78, 5) is 26.8. The third-order valence-corrected chi connectivity index (χ3v) is 6.37. The Morgan fingerprint density at radius 1 is 0.893 bits per heavy atom. The zero-order valence-corrected chi connectivity index (χ0v) is 16.1. The number of benzene rings is 2. The second-order valence-electron chi connectivity index (χ2n) is 6.99. The third kappa shape index (κ3) is 3.11. The van der Waals surface area contributed by atoms with Crippen LogP contribution in [0.25, 0.3) is 0 Å². The Morgan fingerprint density at radius 2 is 1.46 bits per heavy atom. The van der Waals surface area contributed by atoms with E-state index in [0.717, 1.165) is 10.5 Å². The number of allylic oxidation sites excluding steroid dienone is 2. The minimum Gasteiger partial charge on any atom is -0.377 e. The van der Waals surface area contributed by atoms with E-state index in [-0.39, 0.29) is 28.1 Å². The molecule has 0 aromatic heterocycles. The van der Waals surface area contributed by atoms with E-state index in [2.05, 4.69) is 0 Å². The molecule has 0 bridgehead atoms. The normalized spacial score (nSPS) is 21.7. The number of amides is 2. The number of fused-ring (bicyclic) bond motifs is 1. The van der Waals surface area contributed by atoms with Crippen LogP contribution in [0.5, 0.6) is 5.75 Å². The van der Waals surface area contributed by atoms with Crippen molar-refractivity contribution in [2.24, 2.45) is 11.8 Å². The van der Waals surface area contributed by atoms with Crippen LogP contribution in [0, 0.1) is 18.8 Å². The monoisotopic (exact) mass is 397 g/mol. The molecule has 7 heteroatoms. The Kier molecular flexibility index (Phi) is 4.55. The van der Waals surface area contributed by atoms with Gasteiger partial charge in [0.2, 0.25) is 11.8 Å². The van der Waals surface area contributed by atoms with Gasteiger partial charge in [-0.15, -0.1) is 0 Å². The van der Waals surface area contributed by atoms with Crippen LogP contribution in [-0.4, -0.2) is 20.2 Å². The lowest BCUT2D eigenvalue weighted by Gasteiger charge is -2.18. The van der Waals surface area contributed by atoms with Gasteiger partial charge in [0.25, 0.3) is 0 Å². The zero-order chi connectivity index (χ0) is 19.9. The number of nitrogens with zero attached hydrogens (tertiary/aromatic N) is 1. The van der Waals surface area contributed by atoms with E-state index < -0.39 is 22.0 Å². The van der Waals surface area contributed by atoms with Gasteiger partial charge in [-0.1, -0.05) is 42.0 Å². The lowest BCUT2D eigenvalue weighted by molar-refractivity contribution is -0.122. The van der Waals surface area contributed by atoms with Crippen molar-refractivity contribution in [3.05, 3.63) is 66.2 Å². The minimum absolute atomic E-state index is 0.00449. The number of aryl methyl sites for hydroxylation is 1. The number of anilines is 1. The van der Waals surface area contributed by atoms with E-state index in [1.165, 1.54) is 24.3 Å². The van der Waals surface area contributed by atoms with Gasteiger partial charge in [0.15, 0.2) is 5.75 Å². The van der Waals surface area contributed by atoms with Crippen LogP contribution in [0.15, 0.2) is 65.6 Å². The van der Waals surface area contributed by atoms with Crippen LogP contribution in [0.1, 0.15) is 18.4 Å². The molecule has 1 fully saturated rings. The molecule has 0 radical (unpaired) electrons. The quantitative estimate of drug-likeness (QED) is 0.450. The Morgan fingerprint density at radius 3 is 2.07 bits per heavy atom. The topological polar surface area (TPSA) is 80.8 Å². The summed E-state index contributed by atoms with van der Waals surface area (Å²) in [5.74, 6) is -1.49. The molecule has 1 aliphatic heterocycles. The molecule has 1 aliphatic carbocycles. The van der Waals surface area contributed by atoms with Crippen molar-refractivity contribution in [1.29, 1.82) is 0 Å². The molecule has 2 aromatic carbocycles. The van der Waals surface area contributed by atoms with Crippen molar-refractivity contribution in [1.82, 2.24) is 0 Å². The van der Waals surface area contributed by atoms with Crippen molar-refractivity contribution < 1.29 is 22.2 Å². The highest BCUT2D eigenvalue weighted by Gasteiger charge is 2.48. The van der Waals surface area contributed by atoms with Crippen molar-refractivity contribution in [3.63, 3.8) is 0 Å². The highest BCUT2D eigenvalue weighted by atomic mass is 32.2. The first-order valence-corrected chi connectivity index (χ1v) is 10.4. The fourth-order valence-electron chi connectivity index (χ4n) is 3.62. The predicted octanol–water partition coefficient (Wildman–Crippen LogP) is 3.22. The van der Waals surface area contributed by atoms with Gasteiger partial charge in [-0.25, -0.2) is 4.90 Å². The van der Waals surface area contributed by atoms with Gasteiger partial charge in [-0.3, -0.25) is 9.59 Å². The van der Waals surface area contributed by atoms with Crippen molar-refractivity contribution >= 4 is 27.6 Å². The van der Waals surface area contributed by atoms with Crippen LogP contribution >= 0.6 is 0 Å². The zero-order valence-electron chi connectivity index (χ0n) is 15.2. The minimum atomic E-state index is -4.10. The van der Waals surface area contributed by atoms with Crippen LogP contribution in [0.3, 0.4) is 0 Å². The molecule has 1 saturated heterocycles. The van der Waals surface area contributed by atoms with Crippen LogP contribution in [0.4, 0.5) is 5.69 Å². The maximum atomic E-state index is 12.8. The average Bonchev–Trinajstić information content (AvgIpc) is 2.93. The fourth-order valence-corrected chi connectivity index (χ4v) is 4.56. The lowest BCUT2D eigenvalue weighted by Crippen LogP contribution is -2.31. The Labute approximate surface area is 163 Å². The second kappa shape index (κ2) is 6.91. The summed E-state index contributed by atoms with van der Waals surface area (Å²) in [7, 11) is -4.10. The predicted molar refractivity (Wildman–Crippen MR) is 103 cm³/mol. The first-order valence-electron chi connectivity index (χ1n) is 9.01. The molecule has 0 N–H and O–H groups in total. The molecule has 4 rings (SSSR count). The summed E-state index contributed by atoms with van der Waals surface area (Å²) in [6.07, 6.45) is 4.83. The molecule has 2 amide bonds. The van der Waals surface area contributed by atoms with Gasteiger partial charge in [0.1, 0.15) is 4.90 Å². The molecule has 144 valence electrons. The second-order valence-corrected chi connectivity index (χ2v) is 8.53. The van der Waals surface area contributed by atoms with Crippen molar-refractivity contribution in [3.8, 4) is 5.75 Å².